The van der Waals surface area contributed by atoms with Crippen molar-refractivity contribution in [2.24, 2.45) is 0 Å². The number of carbonyl (C=O) groups excluding carboxylic acids is 1. The summed E-state index contributed by atoms with van der Waals surface area (Å²) >= 11 is 0. The van der Waals surface area contributed by atoms with Crippen LogP contribution in [0.3, 0.4) is 0 Å². The third kappa shape index (κ3) is 0.887. The van der Waals surface area contributed by atoms with Gasteiger partial charge in [0.2, 0.25) is 5.95 Å². The number of hydrogen-bond donors (Lipinski definition) is 0. The molecule has 0 fully saturated rings. The van der Waals surface area contributed by atoms with E-state index in [0.717, 1.165) is 6.20 Å². The van der Waals surface area contributed by atoms with Gasteiger partial charge in [-0.1, -0.05) is 0 Å². The van der Waals surface area contributed by atoms with Crippen molar-refractivity contribution in [3.05, 3.63) is 36.0 Å². The number of carbonyl (C=O) groups is 1. The van der Waals surface area contributed by atoms with Gasteiger partial charge in [-0.15, -0.1) is 0 Å². The second kappa shape index (κ2) is 2.41. The first kappa shape index (κ1) is 6.97. The molecule has 0 unspecified atom stereocenters. The number of nitrogens with zero attached hydrogens (tertiary/aromatic N) is 2. The van der Waals surface area contributed by atoms with Gasteiger partial charge in [-0.2, -0.15) is 4.39 Å². The second-order valence-electron chi connectivity index (χ2n) is 2.39. The molecule has 60 valence electrons. The van der Waals surface area contributed by atoms with E-state index in [0.29, 0.717) is 17.5 Å². The number of imidazole rings is 1. The molecule has 0 atom stereocenters. The largest absolute Gasteiger partial charge is 0.298 e. The molecule has 3 nitrogen and oxygen atoms in total. The molecular weight excluding hydrogens is 159 g/mol. The molecule has 2 aromatic rings. The van der Waals surface area contributed by atoms with E-state index in [-0.39, 0.29) is 0 Å². The van der Waals surface area contributed by atoms with Crippen LogP contribution in [0.2, 0.25) is 0 Å². The summed E-state index contributed by atoms with van der Waals surface area (Å²) in [7, 11) is 0. The number of rotatable bonds is 1. The van der Waals surface area contributed by atoms with Gasteiger partial charge in [0.05, 0.1) is 6.20 Å². The Morgan fingerprint density at radius 1 is 1.50 bits per heavy atom. The molecular formula is C8H5FN2O. The molecule has 2 rings (SSSR count). The Labute approximate surface area is 67.5 Å². The number of pyridine rings is 1. The van der Waals surface area contributed by atoms with E-state index in [1.165, 1.54) is 10.6 Å². The molecule has 0 bridgehead atoms. The Morgan fingerprint density at radius 2 is 2.33 bits per heavy atom. The minimum Gasteiger partial charge on any atom is -0.298 e. The number of aromatic nitrogens is 2. The van der Waals surface area contributed by atoms with Crippen LogP contribution in [0.5, 0.6) is 0 Å². The standard InChI is InChI=1S/C8H5FN2O/c9-7-3-10-8-2-1-6(5-12)4-11(7)8/h1-5H. The maximum Gasteiger partial charge on any atom is 0.217 e. The molecule has 2 aromatic heterocycles. The van der Waals surface area contributed by atoms with Crippen molar-refractivity contribution < 1.29 is 9.18 Å². The average molecular weight is 164 g/mol. The Kier molecular flexibility index (Phi) is 1.40. The summed E-state index contributed by atoms with van der Waals surface area (Å²) in [5.41, 5.74) is 0.928. The van der Waals surface area contributed by atoms with E-state index in [1.807, 2.05) is 0 Å². The Bertz CT molecular complexity index is 436. The lowest BCUT2D eigenvalue weighted by atomic mass is 10.3. The van der Waals surface area contributed by atoms with Gasteiger partial charge in [0.25, 0.3) is 0 Å². The third-order valence-corrected chi connectivity index (χ3v) is 1.62. The summed E-state index contributed by atoms with van der Waals surface area (Å²) in [5.74, 6) is -0.464. The van der Waals surface area contributed by atoms with Crippen LogP contribution in [0, 0.1) is 5.95 Å². The lowest BCUT2D eigenvalue weighted by Gasteiger charge is -1.93. The Hall–Kier alpha value is -1.71. The molecule has 0 aliphatic heterocycles. The molecule has 0 radical (unpaired) electrons. The molecule has 0 N–H and O–H groups in total. The minimum absolute atomic E-state index is 0.430. The zero-order valence-corrected chi connectivity index (χ0v) is 6.07. The minimum atomic E-state index is -0.464. The zero-order valence-electron chi connectivity index (χ0n) is 6.07. The van der Waals surface area contributed by atoms with Crippen LogP contribution in [0.4, 0.5) is 4.39 Å². The number of halogens is 1. The molecule has 0 amide bonds. The quantitative estimate of drug-likeness (QED) is 0.595. The van der Waals surface area contributed by atoms with Crippen molar-refractivity contribution in [3.8, 4) is 0 Å². The van der Waals surface area contributed by atoms with Gasteiger partial charge in [-0.3, -0.25) is 9.20 Å². The summed E-state index contributed by atoms with van der Waals surface area (Å²) < 4.78 is 14.1. The van der Waals surface area contributed by atoms with Crippen LogP contribution >= 0.6 is 0 Å². The number of aldehydes is 1. The lowest BCUT2D eigenvalue weighted by Crippen LogP contribution is -1.90. The van der Waals surface area contributed by atoms with E-state index in [1.54, 1.807) is 12.1 Å². The van der Waals surface area contributed by atoms with Gasteiger partial charge in [0.1, 0.15) is 5.65 Å². The van der Waals surface area contributed by atoms with Gasteiger partial charge in [-0.05, 0) is 12.1 Å². The monoisotopic (exact) mass is 164 g/mol. The van der Waals surface area contributed by atoms with Crippen LogP contribution in [0.25, 0.3) is 5.65 Å². The maximum absolute atomic E-state index is 12.8. The molecule has 0 saturated heterocycles. The third-order valence-electron chi connectivity index (χ3n) is 1.62. The summed E-state index contributed by atoms with van der Waals surface area (Å²) in [5, 5.41) is 0. The predicted octanol–water partition coefficient (Wildman–Crippen LogP) is 1.29. The Balaban J connectivity index is 2.79. The summed E-state index contributed by atoms with van der Waals surface area (Å²) in [6.07, 6.45) is 3.19. The van der Waals surface area contributed by atoms with Crippen LogP contribution in [0.1, 0.15) is 10.4 Å². The molecule has 12 heavy (non-hydrogen) atoms. The molecule has 2 heterocycles. The predicted molar refractivity (Wildman–Crippen MR) is 40.5 cm³/mol. The topological polar surface area (TPSA) is 34.4 Å². The number of hydrogen-bond acceptors (Lipinski definition) is 2. The fourth-order valence-corrected chi connectivity index (χ4v) is 1.04. The molecule has 0 saturated carbocycles. The highest BCUT2D eigenvalue weighted by Gasteiger charge is 2.01. The van der Waals surface area contributed by atoms with Crippen LogP contribution < -0.4 is 0 Å². The van der Waals surface area contributed by atoms with E-state index >= 15 is 0 Å². The van der Waals surface area contributed by atoms with Gasteiger partial charge in [0.15, 0.2) is 6.29 Å². The van der Waals surface area contributed by atoms with Gasteiger partial charge < -0.3 is 0 Å². The zero-order chi connectivity index (χ0) is 8.55. The van der Waals surface area contributed by atoms with Crippen LogP contribution in [0.15, 0.2) is 24.5 Å². The first-order chi connectivity index (χ1) is 5.81. The average Bonchev–Trinajstić information content (AvgIpc) is 2.47. The molecule has 4 heteroatoms. The normalized spacial score (nSPS) is 10.4. The molecule has 0 aromatic carbocycles. The highest BCUT2D eigenvalue weighted by Crippen LogP contribution is 2.06. The van der Waals surface area contributed by atoms with Crippen LogP contribution in [-0.4, -0.2) is 15.7 Å². The first-order valence-corrected chi connectivity index (χ1v) is 3.39. The van der Waals surface area contributed by atoms with Crippen molar-refractivity contribution in [1.29, 1.82) is 0 Å². The van der Waals surface area contributed by atoms with Gasteiger partial charge in [-0.25, -0.2) is 4.98 Å². The van der Waals surface area contributed by atoms with Crippen molar-refractivity contribution in [2.75, 3.05) is 0 Å². The van der Waals surface area contributed by atoms with Crippen molar-refractivity contribution >= 4 is 11.9 Å². The Morgan fingerprint density at radius 3 is 3.08 bits per heavy atom. The first-order valence-electron chi connectivity index (χ1n) is 3.39. The maximum atomic E-state index is 12.8. The fourth-order valence-electron chi connectivity index (χ4n) is 1.04. The summed E-state index contributed by atoms with van der Waals surface area (Å²) in [6, 6.07) is 3.18. The highest BCUT2D eigenvalue weighted by molar-refractivity contribution is 5.74. The smallest absolute Gasteiger partial charge is 0.217 e. The number of fused-ring (bicyclic) bond motifs is 1. The van der Waals surface area contributed by atoms with Crippen molar-refractivity contribution in [3.63, 3.8) is 0 Å². The van der Waals surface area contributed by atoms with Crippen molar-refractivity contribution in [1.82, 2.24) is 9.38 Å². The van der Waals surface area contributed by atoms with Gasteiger partial charge in [0, 0.05) is 11.8 Å². The SMILES string of the molecule is O=Cc1ccc2ncc(F)n2c1. The van der Waals surface area contributed by atoms with E-state index in [2.05, 4.69) is 4.98 Å². The highest BCUT2D eigenvalue weighted by atomic mass is 19.1. The lowest BCUT2D eigenvalue weighted by molar-refractivity contribution is 0.112. The molecule has 0 spiro atoms. The van der Waals surface area contributed by atoms with Crippen molar-refractivity contribution in [2.45, 2.75) is 0 Å². The molecule has 0 aliphatic rings. The van der Waals surface area contributed by atoms with Gasteiger partial charge >= 0.3 is 0 Å². The second-order valence-corrected chi connectivity index (χ2v) is 2.39. The van der Waals surface area contributed by atoms with Crippen LogP contribution in [-0.2, 0) is 0 Å². The van der Waals surface area contributed by atoms with E-state index in [9.17, 15) is 9.18 Å². The fraction of sp³-hybridized carbons (Fsp3) is 0. The molecule has 0 aliphatic carbocycles. The van der Waals surface area contributed by atoms with E-state index in [4.69, 9.17) is 0 Å². The summed E-state index contributed by atoms with van der Waals surface area (Å²) in [6.45, 7) is 0. The summed E-state index contributed by atoms with van der Waals surface area (Å²) in [4.78, 5) is 14.1. The van der Waals surface area contributed by atoms with E-state index < -0.39 is 5.95 Å².